The zero-order valence-electron chi connectivity index (χ0n) is 17.8. The van der Waals surface area contributed by atoms with E-state index >= 15 is 0 Å². The molecular formula is C24H23N3O4S. The minimum Gasteiger partial charge on any atom is -0.496 e. The molecule has 2 amide bonds. The summed E-state index contributed by atoms with van der Waals surface area (Å²) in [5.41, 5.74) is 0.358. The summed E-state index contributed by atoms with van der Waals surface area (Å²) in [4.78, 5) is 29.8. The third-order valence-electron chi connectivity index (χ3n) is 6.04. The van der Waals surface area contributed by atoms with Crippen LogP contribution >= 0.6 is 11.3 Å². The minimum atomic E-state index is -1.10. The van der Waals surface area contributed by atoms with E-state index in [1.165, 1.54) is 0 Å². The lowest BCUT2D eigenvalue weighted by Gasteiger charge is -2.43. The lowest BCUT2D eigenvalue weighted by Crippen LogP contribution is -2.63. The number of carbonyl (C=O) groups is 2. The number of hydrogen-bond donors (Lipinski definition) is 1. The average molecular weight is 450 g/mol. The second-order valence-electron chi connectivity index (χ2n) is 8.04. The van der Waals surface area contributed by atoms with Crippen LogP contribution in [0.15, 0.2) is 64.6 Å². The van der Waals surface area contributed by atoms with Gasteiger partial charge in [-0.1, -0.05) is 18.2 Å². The van der Waals surface area contributed by atoms with E-state index < -0.39 is 5.54 Å². The van der Waals surface area contributed by atoms with Crippen LogP contribution in [-0.4, -0.2) is 33.9 Å². The number of aromatic nitrogens is 1. The molecule has 0 saturated carbocycles. The molecule has 0 unspecified atom stereocenters. The Bertz CT molecular complexity index is 1290. The smallest absolute Gasteiger partial charge is 0.271 e. The van der Waals surface area contributed by atoms with Gasteiger partial charge in [0.1, 0.15) is 27.6 Å². The number of nitrogens with zero attached hydrogens (tertiary/aromatic N) is 2. The molecule has 1 aliphatic rings. The molecule has 0 spiro atoms. The van der Waals surface area contributed by atoms with Crippen LogP contribution in [0.25, 0.3) is 10.2 Å². The highest BCUT2D eigenvalue weighted by molar-refractivity contribution is 7.16. The van der Waals surface area contributed by atoms with E-state index in [0.29, 0.717) is 30.3 Å². The predicted octanol–water partition coefficient (Wildman–Crippen LogP) is 4.04. The Labute approximate surface area is 189 Å². The fraction of sp³-hybridized carbons (Fsp3) is 0.250. The monoisotopic (exact) mass is 449 g/mol. The van der Waals surface area contributed by atoms with Gasteiger partial charge < -0.3 is 23.9 Å². The molecule has 1 atom stereocenters. The molecule has 1 aromatic carbocycles. The van der Waals surface area contributed by atoms with Gasteiger partial charge in [0.2, 0.25) is 5.91 Å². The number of hydrogen-bond acceptors (Lipinski definition) is 5. The summed E-state index contributed by atoms with van der Waals surface area (Å²) in [5.74, 6) is 0.917. The molecule has 4 aromatic rings. The van der Waals surface area contributed by atoms with Crippen molar-refractivity contribution < 1.29 is 18.7 Å². The number of methoxy groups -OCH3 is 1. The van der Waals surface area contributed by atoms with Crippen molar-refractivity contribution in [2.45, 2.75) is 32.1 Å². The molecule has 8 heteroatoms. The van der Waals surface area contributed by atoms with Gasteiger partial charge in [0.15, 0.2) is 0 Å². The van der Waals surface area contributed by atoms with Gasteiger partial charge >= 0.3 is 0 Å². The lowest BCUT2D eigenvalue weighted by molar-refractivity contribution is -0.133. The summed E-state index contributed by atoms with van der Waals surface area (Å²) in [5, 5.41) is 6.03. The molecule has 32 heavy (non-hydrogen) atoms. The van der Waals surface area contributed by atoms with Crippen LogP contribution in [0.4, 0.5) is 0 Å². The minimum absolute atomic E-state index is 0.189. The lowest BCUT2D eigenvalue weighted by atomic mass is 9.94. The van der Waals surface area contributed by atoms with Gasteiger partial charge in [0.25, 0.3) is 5.91 Å². The molecule has 1 aliphatic heterocycles. The standard InChI is InChI=1S/C24H23N3O4S/c1-24(23(29)25-13-17-6-3-4-8-20(17)30-2)15-26-19(12-16-9-11-32-22(16)26)21(28)27(24)14-18-7-5-10-31-18/h3-12H,13-15H2,1-2H3,(H,25,29)/t24-/m0/s1. The maximum Gasteiger partial charge on any atom is 0.271 e. The number of thiophene rings is 1. The maximum atomic E-state index is 13.6. The van der Waals surface area contributed by atoms with Crippen LogP contribution in [-0.2, 0) is 24.4 Å². The number of para-hydroxylation sites is 1. The summed E-state index contributed by atoms with van der Waals surface area (Å²) in [7, 11) is 1.60. The first kappa shape index (κ1) is 20.4. The molecule has 0 radical (unpaired) electrons. The van der Waals surface area contributed by atoms with Gasteiger partial charge in [-0.05, 0) is 42.6 Å². The number of amides is 2. The van der Waals surface area contributed by atoms with Crippen molar-refractivity contribution in [3.8, 4) is 5.75 Å². The Morgan fingerprint density at radius 2 is 2.09 bits per heavy atom. The molecule has 4 heterocycles. The van der Waals surface area contributed by atoms with Gasteiger partial charge in [-0.15, -0.1) is 11.3 Å². The molecule has 0 aliphatic carbocycles. The number of benzene rings is 1. The number of nitrogens with one attached hydrogen (secondary N) is 1. The molecule has 5 rings (SSSR count). The summed E-state index contributed by atoms with van der Waals surface area (Å²) in [6.07, 6.45) is 1.57. The van der Waals surface area contributed by atoms with Gasteiger partial charge in [-0.3, -0.25) is 9.59 Å². The highest BCUT2D eigenvalue weighted by Gasteiger charge is 2.48. The number of ether oxygens (including phenoxy) is 1. The van der Waals surface area contributed by atoms with Gasteiger partial charge in [-0.25, -0.2) is 0 Å². The van der Waals surface area contributed by atoms with Crippen LogP contribution in [0.2, 0.25) is 0 Å². The van der Waals surface area contributed by atoms with Crippen molar-refractivity contribution in [3.05, 3.63) is 77.2 Å². The van der Waals surface area contributed by atoms with Crippen molar-refractivity contribution in [1.82, 2.24) is 14.8 Å². The van der Waals surface area contributed by atoms with Crippen LogP contribution in [0, 0.1) is 0 Å². The molecular weight excluding hydrogens is 426 g/mol. The van der Waals surface area contributed by atoms with E-state index in [0.717, 1.165) is 15.8 Å². The topological polar surface area (TPSA) is 76.7 Å². The fourth-order valence-corrected chi connectivity index (χ4v) is 5.18. The van der Waals surface area contributed by atoms with E-state index in [9.17, 15) is 9.59 Å². The summed E-state index contributed by atoms with van der Waals surface area (Å²) >= 11 is 1.57. The fourth-order valence-electron chi connectivity index (χ4n) is 4.28. The average Bonchev–Trinajstić information content (AvgIpc) is 3.54. The molecule has 1 N–H and O–H groups in total. The van der Waals surface area contributed by atoms with Gasteiger partial charge in [0, 0.05) is 17.5 Å². The zero-order valence-corrected chi connectivity index (χ0v) is 18.6. The van der Waals surface area contributed by atoms with E-state index in [-0.39, 0.29) is 18.4 Å². The molecule has 7 nitrogen and oxygen atoms in total. The Morgan fingerprint density at radius 3 is 2.88 bits per heavy atom. The number of fused-ring (bicyclic) bond motifs is 3. The van der Waals surface area contributed by atoms with E-state index in [1.807, 2.05) is 59.3 Å². The van der Waals surface area contributed by atoms with Crippen LogP contribution in [0.1, 0.15) is 28.7 Å². The molecule has 0 fully saturated rings. The predicted molar refractivity (Wildman–Crippen MR) is 122 cm³/mol. The van der Waals surface area contributed by atoms with Gasteiger partial charge in [-0.2, -0.15) is 0 Å². The summed E-state index contributed by atoms with van der Waals surface area (Å²) in [6.45, 7) is 2.68. The third kappa shape index (κ3) is 3.27. The van der Waals surface area contributed by atoms with Crippen molar-refractivity contribution >= 4 is 33.4 Å². The highest BCUT2D eigenvalue weighted by Crippen LogP contribution is 2.35. The van der Waals surface area contributed by atoms with Crippen LogP contribution in [0.3, 0.4) is 0 Å². The summed E-state index contributed by atoms with van der Waals surface area (Å²) in [6, 6.07) is 15.0. The number of furan rings is 1. The third-order valence-corrected chi connectivity index (χ3v) is 7.00. The van der Waals surface area contributed by atoms with E-state index in [4.69, 9.17) is 9.15 Å². The van der Waals surface area contributed by atoms with Crippen LogP contribution in [0.5, 0.6) is 5.75 Å². The molecule has 164 valence electrons. The van der Waals surface area contributed by atoms with E-state index in [2.05, 4.69) is 5.32 Å². The normalized spacial score (nSPS) is 18.1. The molecule has 0 bridgehead atoms. The first-order chi connectivity index (χ1) is 15.5. The second-order valence-corrected chi connectivity index (χ2v) is 8.93. The maximum absolute atomic E-state index is 13.6. The van der Waals surface area contributed by atoms with Gasteiger partial charge in [0.05, 0.1) is 26.5 Å². The van der Waals surface area contributed by atoms with Crippen molar-refractivity contribution in [3.63, 3.8) is 0 Å². The quantitative estimate of drug-likeness (QED) is 0.482. The Hall–Kier alpha value is -3.52. The Kier molecular flexibility index (Phi) is 5.01. The number of carbonyl (C=O) groups excluding carboxylic acids is 2. The summed E-state index contributed by atoms with van der Waals surface area (Å²) < 4.78 is 12.9. The number of rotatable bonds is 6. The highest BCUT2D eigenvalue weighted by atomic mass is 32.1. The Morgan fingerprint density at radius 1 is 1.25 bits per heavy atom. The first-order valence-electron chi connectivity index (χ1n) is 10.3. The van der Waals surface area contributed by atoms with Crippen LogP contribution < -0.4 is 10.1 Å². The zero-order chi connectivity index (χ0) is 22.3. The van der Waals surface area contributed by atoms with Crippen molar-refractivity contribution in [2.24, 2.45) is 0 Å². The first-order valence-corrected chi connectivity index (χ1v) is 11.2. The van der Waals surface area contributed by atoms with Crippen molar-refractivity contribution in [1.29, 1.82) is 0 Å². The largest absolute Gasteiger partial charge is 0.496 e. The Balaban J connectivity index is 1.49. The molecule has 3 aromatic heterocycles. The van der Waals surface area contributed by atoms with Crippen molar-refractivity contribution in [2.75, 3.05) is 7.11 Å². The van der Waals surface area contributed by atoms with E-state index in [1.54, 1.807) is 35.7 Å². The SMILES string of the molecule is COc1ccccc1CNC(=O)[C@]1(C)Cn2c(cc3ccsc32)C(=O)N1Cc1ccco1. The molecule has 0 saturated heterocycles. The second kappa shape index (κ2) is 7.87.